The molecule has 5 rings (SSSR count). The first-order valence-corrected chi connectivity index (χ1v) is 9.99. The van der Waals surface area contributed by atoms with Gasteiger partial charge in [-0.3, -0.25) is 4.79 Å². The van der Waals surface area contributed by atoms with Crippen LogP contribution in [0.5, 0.6) is 0 Å². The van der Waals surface area contributed by atoms with E-state index in [1.807, 2.05) is 19.1 Å². The summed E-state index contributed by atoms with van der Waals surface area (Å²) in [5, 5.41) is 19.7. The number of hydrogen-bond acceptors (Lipinski definition) is 8. The van der Waals surface area contributed by atoms with Crippen molar-refractivity contribution >= 4 is 17.0 Å². The van der Waals surface area contributed by atoms with Crippen molar-refractivity contribution in [3.63, 3.8) is 0 Å². The van der Waals surface area contributed by atoms with E-state index >= 15 is 0 Å². The summed E-state index contributed by atoms with van der Waals surface area (Å²) in [6, 6.07) is 3.86. The molecule has 0 amide bonds. The first-order chi connectivity index (χ1) is 16.1. The normalized spacial score (nSPS) is 13.3. The highest BCUT2D eigenvalue weighted by molar-refractivity contribution is 5.75. The molecule has 0 bridgehead atoms. The number of aromatic amines is 1. The van der Waals surface area contributed by atoms with Gasteiger partial charge in [0.1, 0.15) is 6.54 Å². The Bertz CT molecular complexity index is 1410. The highest BCUT2D eigenvalue weighted by atomic mass is 19.4. The summed E-state index contributed by atoms with van der Waals surface area (Å²) < 4.78 is 38.8. The third-order valence-electron chi connectivity index (χ3n) is 4.93. The summed E-state index contributed by atoms with van der Waals surface area (Å²) in [6.07, 6.45) is -0.727. The molecule has 3 N–H and O–H groups in total. The average molecular weight is 477 g/mol. The molecule has 0 aromatic carbocycles. The number of alkyl halides is 3. The van der Waals surface area contributed by atoms with Gasteiger partial charge in [-0.2, -0.15) is 23.3 Å². The molecule has 14 heteroatoms. The maximum atomic E-state index is 12.4. The van der Waals surface area contributed by atoms with Gasteiger partial charge in [-0.15, -0.1) is 0 Å². The summed E-state index contributed by atoms with van der Waals surface area (Å²) in [5.41, 5.74) is 4.05. The topological polar surface area (TPSA) is 152 Å². The number of carbonyl (C=O) groups is 1. The lowest BCUT2D eigenvalue weighted by atomic mass is 10.0. The molecular formula is C20H18F3N7O4. The van der Waals surface area contributed by atoms with Crippen molar-refractivity contribution in [2.24, 2.45) is 0 Å². The van der Waals surface area contributed by atoms with Crippen LogP contribution in [0.3, 0.4) is 0 Å². The SMILES string of the molecule is Cc1cnc2c(cnn2Cc2nc(-c3cc4c([nH]c3=O)CCNC4)no2)c1.O=C(O)C(F)(F)F. The molecule has 11 nitrogen and oxygen atoms in total. The summed E-state index contributed by atoms with van der Waals surface area (Å²) >= 11 is 0. The van der Waals surface area contributed by atoms with Crippen LogP contribution in [0, 0.1) is 6.92 Å². The van der Waals surface area contributed by atoms with E-state index in [9.17, 15) is 18.0 Å². The van der Waals surface area contributed by atoms with Crippen LogP contribution in [0.2, 0.25) is 0 Å². The number of halogens is 3. The average Bonchev–Trinajstić information content (AvgIpc) is 3.40. The Labute approximate surface area is 188 Å². The van der Waals surface area contributed by atoms with Crippen molar-refractivity contribution in [1.82, 2.24) is 35.2 Å². The van der Waals surface area contributed by atoms with Crippen molar-refractivity contribution in [2.45, 2.75) is 32.6 Å². The Hall–Kier alpha value is -4.07. The number of pyridine rings is 2. The molecule has 4 aromatic heterocycles. The molecule has 4 aromatic rings. The molecule has 1 aliphatic heterocycles. The van der Waals surface area contributed by atoms with Crippen molar-refractivity contribution in [3.8, 4) is 11.4 Å². The van der Waals surface area contributed by atoms with Gasteiger partial charge in [-0.1, -0.05) is 5.16 Å². The predicted octanol–water partition coefficient (Wildman–Crippen LogP) is 1.81. The second-order valence-electron chi connectivity index (χ2n) is 7.49. The van der Waals surface area contributed by atoms with E-state index in [-0.39, 0.29) is 17.9 Å². The minimum Gasteiger partial charge on any atom is -0.475 e. The van der Waals surface area contributed by atoms with Gasteiger partial charge in [0, 0.05) is 36.8 Å². The molecular weight excluding hydrogens is 459 g/mol. The number of aryl methyl sites for hydroxylation is 1. The number of nitrogens with one attached hydrogen (secondary N) is 2. The lowest BCUT2D eigenvalue weighted by molar-refractivity contribution is -0.192. The largest absolute Gasteiger partial charge is 0.490 e. The van der Waals surface area contributed by atoms with E-state index in [2.05, 4.69) is 30.5 Å². The lowest BCUT2D eigenvalue weighted by Crippen LogP contribution is -2.27. The van der Waals surface area contributed by atoms with Gasteiger partial charge < -0.3 is 19.9 Å². The van der Waals surface area contributed by atoms with Crippen LogP contribution in [-0.2, 0) is 24.3 Å². The quantitative estimate of drug-likeness (QED) is 0.401. The number of rotatable bonds is 3. The maximum Gasteiger partial charge on any atom is 0.490 e. The number of nitrogens with zero attached hydrogens (tertiary/aromatic N) is 5. The fourth-order valence-corrected chi connectivity index (χ4v) is 3.35. The Morgan fingerprint density at radius 1 is 1.29 bits per heavy atom. The van der Waals surface area contributed by atoms with Crippen molar-refractivity contribution in [3.05, 3.63) is 57.6 Å². The van der Waals surface area contributed by atoms with Crippen LogP contribution < -0.4 is 10.9 Å². The van der Waals surface area contributed by atoms with Crippen molar-refractivity contribution in [2.75, 3.05) is 6.54 Å². The van der Waals surface area contributed by atoms with Gasteiger partial charge in [0.15, 0.2) is 5.65 Å². The number of aromatic nitrogens is 6. The van der Waals surface area contributed by atoms with Crippen LogP contribution in [0.4, 0.5) is 13.2 Å². The lowest BCUT2D eigenvalue weighted by Gasteiger charge is -2.16. The smallest absolute Gasteiger partial charge is 0.475 e. The molecule has 0 spiro atoms. The molecule has 34 heavy (non-hydrogen) atoms. The van der Waals surface area contributed by atoms with Gasteiger partial charge in [0.05, 0.1) is 11.8 Å². The Kier molecular flexibility index (Phi) is 6.15. The van der Waals surface area contributed by atoms with E-state index in [1.54, 1.807) is 17.1 Å². The predicted molar refractivity (Wildman–Crippen MR) is 111 cm³/mol. The summed E-state index contributed by atoms with van der Waals surface area (Å²) in [5.74, 6) is -2.11. The molecule has 178 valence electrons. The summed E-state index contributed by atoms with van der Waals surface area (Å²) in [6.45, 7) is 3.85. The third-order valence-corrected chi connectivity index (χ3v) is 4.93. The summed E-state index contributed by atoms with van der Waals surface area (Å²) in [7, 11) is 0. The first-order valence-electron chi connectivity index (χ1n) is 9.99. The Balaban J connectivity index is 0.000000344. The fourth-order valence-electron chi connectivity index (χ4n) is 3.35. The maximum absolute atomic E-state index is 12.4. The molecule has 0 aliphatic carbocycles. The van der Waals surface area contributed by atoms with E-state index in [4.69, 9.17) is 14.4 Å². The zero-order valence-electron chi connectivity index (χ0n) is 17.7. The van der Waals surface area contributed by atoms with E-state index in [1.165, 1.54) is 0 Å². The van der Waals surface area contributed by atoms with E-state index in [0.29, 0.717) is 18.0 Å². The zero-order valence-corrected chi connectivity index (χ0v) is 17.7. The number of H-pyrrole nitrogens is 1. The molecule has 0 unspecified atom stereocenters. The molecule has 0 saturated carbocycles. The number of carboxylic acid groups (broad SMARTS) is 1. The van der Waals surface area contributed by atoms with Crippen molar-refractivity contribution in [1.29, 1.82) is 0 Å². The Morgan fingerprint density at radius 2 is 2.06 bits per heavy atom. The number of hydrogen-bond donors (Lipinski definition) is 3. The Morgan fingerprint density at radius 3 is 2.79 bits per heavy atom. The third kappa shape index (κ3) is 4.96. The number of fused-ring (bicyclic) bond motifs is 2. The van der Waals surface area contributed by atoms with Crippen LogP contribution in [0.15, 0.2) is 33.8 Å². The van der Waals surface area contributed by atoms with E-state index in [0.717, 1.165) is 40.8 Å². The van der Waals surface area contributed by atoms with Gasteiger partial charge in [-0.05, 0) is 30.2 Å². The highest BCUT2D eigenvalue weighted by Crippen LogP contribution is 2.18. The standard InChI is InChI=1S/C18H17N7O2.C2HF3O2/c1-10-4-12-8-21-25(17(12)20-6-10)9-15-23-16(24-27-15)13-5-11-7-19-3-2-14(11)22-18(13)26;3-2(4,5)1(6)7/h4-6,8,19H,2-3,7,9H2,1H3,(H,22,26);(H,6,7). The minimum atomic E-state index is -5.08. The second-order valence-corrected chi connectivity index (χ2v) is 7.49. The van der Waals surface area contributed by atoms with Crippen LogP contribution in [-0.4, -0.2) is 53.7 Å². The van der Waals surface area contributed by atoms with Gasteiger partial charge in [-0.25, -0.2) is 14.5 Å². The molecule has 0 fully saturated rings. The van der Waals surface area contributed by atoms with Gasteiger partial charge >= 0.3 is 12.1 Å². The van der Waals surface area contributed by atoms with Gasteiger partial charge in [0.2, 0.25) is 11.7 Å². The number of carboxylic acids is 1. The number of aliphatic carboxylic acids is 1. The highest BCUT2D eigenvalue weighted by Gasteiger charge is 2.38. The van der Waals surface area contributed by atoms with Crippen molar-refractivity contribution < 1.29 is 27.6 Å². The first kappa shape index (κ1) is 23.1. The fraction of sp³-hybridized carbons (Fsp3) is 0.300. The molecule has 0 radical (unpaired) electrons. The monoisotopic (exact) mass is 477 g/mol. The van der Waals surface area contributed by atoms with Crippen LogP contribution in [0.1, 0.15) is 22.7 Å². The van der Waals surface area contributed by atoms with Crippen LogP contribution in [0.25, 0.3) is 22.4 Å². The van der Waals surface area contributed by atoms with Gasteiger partial charge in [0.25, 0.3) is 5.56 Å². The zero-order chi connectivity index (χ0) is 24.5. The van der Waals surface area contributed by atoms with E-state index < -0.39 is 12.1 Å². The second kappa shape index (κ2) is 9.05. The van der Waals surface area contributed by atoms with Crippen LogP contribution >= 0.6 is 0 Å². The molecule has 5 heterocycles. The molecule has 0 saturated heterocycles. The minimum absolute atomic E-state index is 0.204. The molecule has 0 atom stereocenters. The summed E-state index contributed by atoms with van der Waals surface area (Å²) in [4.78, 5) is 33.0. The molecule has 1 aliphatic rings.